The second-order valence-corrected chi connectivity index (χ2v) is 9.34. The second-order valence-electron chi connectivity index (χ2n) is 9.34. The van der Waals surface area contributed by atoms with Gasteiger partial charge in [0.1, 0.15) is 0 Å². The summed E-state index contributed by atoms with van der Waals surface area (Å²) in [6.07, 6.45) is 0.418. The molecule has 9 heteroatoms. The third-order valence-corrected chi connectivity index (χ3v) is 6.13. The highest BCUT2D eigenvalue weighted by Gasteiger charge is 2.37. The molecule has 2 atom stereocenters. The Balaban J connectivity index is 1.72. The van der Waals surface area contributed by atoms with Gasteiger partial charge in [0.25, 0.3) is 11.6 Å². The Bertz CT molecular complexity index is 929. The van der Waals surface area contributed by atoms with Gasteiger partial charge < -0.3 is 5.32 Å². The summed E-state index contributed by atoms with van der Waals surface area (Å²) in [6.45, 7) is 10.0. The Hall–Kier alpha value is -2.19. The minimum absolute atomic E-state index is 0.0374. The molecular weight excluding hydrogens is 395 g/mol. The minimum atomic E-state index is -4.63. The summed E-state index contributed by atoms with van der Waals surface area (Å²) in [5.41, 5.74) is 1.95. The zero-order valence-corrected chi connectivity index (χ0v) is 18.2. The zero-order valence-electron chi connectivity index (χ0n) is 18.2. The fourth-order valence-electron chi connectivity index (χ4n) is 4.55. The molecule has 2 aromatic heterocycles. The first-order chi connectivity index (χ1) is 13.9. The summed E-state index contributed by atoms with van der Waals surface area (Å²) in [5, 5.41) is 6.76. The Morgan fingerprint density at radius 2 is 1.80 bits per heavy atom. The molecule has 1 aliphatic carbocycles. The normalized spacial score (nSPS) is 20.5. The molecule has 0 saturated heterocycles. The number of alkyl halides is 3. The smallest absolute Gasteiger partial charge is 0.353 e. The van der Waals surface area contributed by atoms with Crippen molar-refractivity contribution >= 4 is 11.7 Å². The Labute approximate surface area is 174 Å². The van der Waals surface area contributed by atoms with Gasteiger partial charge in [0, 0.05) is 23.9 Å². The summed E-state index contributed by atoms with van der Waals surface area (Å²) in [7, 11) is 0. The highest BCUT2D eigenvalue weighted by atomic mass is 19.4. The van der Waals surface area contributed by atoms with Crippen LogP contribution in [-0.4, -0.2) is 31.5 Å². The lowest BCUT2D eigenvalue weighted by Gasteiger charge is -2.40. The van der Waals surface area contributed by atoms with E-state index in [1.54, 1.807) is 13.8 Å². The number of amides is 1. The van der Waals surface area contributed by atoms with E-state index in [-0.39, 0.29) is 29.6 Å². The number of fused-ring (bicyclic) bond motifs is 1. The molecule has 30 heavy (non-hydrogen) atoms. The van der Waals surface area contributed by atoms with Crippen LogP contribution in [0.5, 0.6) is 0 Å². The molecule has 0 spiro atoms. The standard InChI is InChI=1S/C21H30F3N5O/c1-12-14(13(2)29-19(25-12)27-18(28-29)21(22,23)24)10-11-17(30)26-16-9-7-6-8-15(16)20(3,4)5/h15-16H,6-11H2,1-5H3,(H,26,30). The van der Waals surface area contributed by atoms with Gasteiger partial charge in [-0.2, -0.15) is 18.2 Å². The number of carbonyl (C=O) groups is 1. The van der Waals surface area contributed by atoms with Crippen LogP contribution in [0.3, 0.4) is 0 Å². The number of aryl methyl sites for hydroxylation is 2. The van der Waals surface area contributed by atoms with Gasteiger partial charge in [0.05, 0.1) is 0 Å². The molecule has 2 unspecified atom stereocenters. The van der Waals surface area contributed by atoms with E-state index in [0.717, 1.165) is 29.3 Å². The highest BCUT2D eigenvalue weighted by Crippen LogP contribution is 2.38. The van der Waals surface area contributed by atoms with Crippen LogP contribution in [0.2, 0.25) is 0 Å². The number of nitrogens with zero attached hydrogens (tertiary/aromatic N) is 4. The molecule has 0 radical (unpaired) electrons. The molecule has 1 amide bonds. The fraction of sp³-hybridized carbons (Fsp3) is 0.714. The maximum Gasteiger partial charge on any atom is 0.453 e. The second kappa shape index (κ2) is 8.15. The maximum absolute atomic E-state index is 12.9. The molecule has 0 bridgehead atoms. The highest BCUT2D eigenvalue weighted by molar-refractivity contribution is 5.76. The van der Waals surface area contributed by atoms with E-state index in [0.29, 0.717) is 23.7 Å². The van der Waals surface area contributed by atoms with Gasteiger partial charge in [-0.05, 0) is 50.0 Å². The van der Waals surface area contributed by atoms with E-state index >= 15 is 0 Å². The number of nitrogens with one attached hydrogen (secondary N) is 1. The van der Waals surface area contributed by atoms with Crippen molar-refractivity contribution in [3.8, 4) is 0 Å². The van der Waals surface area contributed by atoms with Gasteiger partial charge in [-0.25, -0.2) is 9.50 Å². The summed E-state index contributed by atoms with van der Waals surface area (Å²) in [6, 6.07) is 0.165. The molecule has 0 aromatic carbocycles. The van der Waals surface area contributed by atoms with Crippen molar-refractivity contribution < 1.29 is 18.0 Å². The number of hydrogen-bond acceptors (Lipinski definition) is 4. The van der Waals surface area contributed by atoms with Crippen LogP contribution in [0.4, 0.5) is 13.2 Å². The number of aromatic nitrogens is 4. The lowest BCUT2D eigenvalue weighted by atomic mass is 9.69. The van der Waals surface area contributed by atoms with Crippen LogP contribution in [0.25, 0.3) is 5.78 Å². The Morgan fingerprint density at radius 1 is 1.13 bits per heavy atom. The lowest BCUT2D eigenvalue weighted by molar-refractivity contribution is -0.144. The van der Waals surface area contributed by atoms with Crippen molar-refractivity contribution in [3.05, 3.63) is 22.8 Å². The van der Waals surface area contributed by atoms with Crippen molar-refractivity contribution in [2.45, 2.75) is 85.4 Å². The molecule has 0 aliphatic heterocycles. The van der Waals surface area contributed by atoms with Crippen molar-refractivity contribution in [3.63, 3.8) is 0 Å². The van der Waals surface area contributed by atoms with E-state index in [4.69, 9.17) is 0 Å². The van der Waals surface area contributed by atoms with Crippen LogP contribution < -0.4 is 5.32 Å². The predicted molar refractivity (Wildman–Crippen MR) is 107 cm³/mol. The van der Waals surface area contributed by atoms with Crippen molar-refractivity contribution in [2.24, 2.45) is 11.3 Å². The molecule has 166 valence electrons. The van der Waals surface area contributed by atoms with E-state index in [2.05, 4.69) is 41.2 Å². The molecule has 1 saturated carbocycles. The van der Waals surface area contributed by atoms with Crippen molar-refractivity contribution in [1.82, 2.24) is 24.9 Å². The molecular formula is C21H30F3N5O. The maximum atomic E-state index is 12.9. The molecule has 1 fully saturated rings. The van der Waals surface area contributed by atoms with Crippen LogP contribution >= 0.6 is 0 Å². The Kier molecular flexibility index (Phi) is 6.11. The Morgan fingerprint density at radius 3 is 2.43 bits per heavy atom. The monoisotopic (exact) mass is 425 g/mol. The van der Waals surface area contributed by atoms with E-state index in [1.807, 2.05) is 0 Å². The van der Waals surface area contributed by atoms with Crippen molar-refractivity contribution in [1.29, 1.82) is 0 Å². The van der Waals surface area contributed by atoms with Crippen LogP contribution in [0.15, 0.2) is 0 Å². The first-order valence-corrected chi connectivity index (χ1v) is 10.5. The summed E-state index contributed by atoms with van der Waals surface area (Å²) < 4.78 is 39.9. The first-order valence-electron chi connectivity index (χ1n) is 10.5. The minimum Gasteiger partial charge on any atom is -0.353 e. The molecule has 3 rings (SSSR count). The topological polar surface area (TPSA) is 72.2 Å². The number of carbonyl (C=O) groups excluding carboxylic acids is 1. The SMILES string of the molecule is Cc1nc2nc(C(F)(F)F)nn2c(C)c1CCC(=O)NC1CCCCC1C(C)(C)C. The lowest BCUT2D eigenvalue weighted by Crippen LogP contribution is -2.46. The average Bonchev–Trinajstić information content (AvgIpc) is 3.05. The molecule has 1 N–H and O–H groups in total. The fourth-order valence-corrected chi connectivity index (χ4v) is 4.55. The number of halogens is 3. The predicted octanol–water partition coefficient (Wildman–Crippen LogP) is 4.41. The number of rotatable bonds is 4. The quantitative estimate of drug-likeness (QED) is 0.787. The van der Waals surface area contributed by atoms with Crippen LogP contribution in [0, 0.1) is 25.2 Å². The molecule has 1 aliphatic rings. The number of hydrogen-bond donors (Lipinski definition) is 1. The molecule has 2 aromatic rings. The third kappa shape index (κ3) is 4.75. The van der Waals surface area contributed by atoms with Gasteiger partial charge in [-0.1, -0.05) is 33.6 Å². The summed E-state index contributed by atoms with van der Waals surface area (Å²) >= 11 is 0. The molecule has 2 heterocycles. The van der Waals surface area contributed by atoms with Crippen LogP contribution in [0.1, 0.15) is 75.7 Å². The van der Waals surface area contributed by atoms with Gasteiger partial charge >= 0.3 is 6.18 Å². The largest absolute Gasteiger partial charge is 0.453 e. The van der Waals surface area contributed by atoms with Gasteiger partial charge in [0.2, 0.25) is 5.91 Å². The van der Waals surface area contributed by atoms with Crippen molar-refractivity contribution in [2.75, 3.05) is 0 Å². The van der Waals surface area contributed by atoms with E-state index < -0.39 is 12.0 Å². The molecule has 6 nitrogen and oxygen atoms in total. The summed E-state index contributed by atoms with van der Waals surface area (Å²) in [5.74, 6) is -0.893. The van der Waals surface area contributed by atoms with E-state index in [1.165, 1.54) is 6.42 Å². The first kappa shape index (κ1) is 22.5. The van der Waals surface area contributed by atoms with Gasteiger partial charge in [-0.3, -0.25) is 4.79 Å². The van der Waals surface area contributed by atoms with Gasteiger partial charge in [0.15, 0.2) is 0 Å². The van der Waals surface area contributed by atoms with Gasteiger partial charge in [-0.15, -0.1) is 5.10 Å². The average molecular weight is 425 g/mol. The third-order valence-electron chi connectivity index (χ3n) is 6.13. The zero-order chi connectivity index (χ0) is 22.3. The van der Waals surface area contributed by atoms with Crippen LogP contribution in [-0.2, 0) is 17.4 Å². The summed E-state index contributed by atoms with van der Waals surface area (Å²) in [4.78, 5) is 20.3. The van der Waals surface area contributed by atoms with E-state index in [9.17, 15) is 18.0 Å².